The van der Waals surface area contributed by atoms with Crippen LogP contribution in [0.4, 0.5) is 0 Å². The smallest absolute Gasteiger partial charge is 0.402 e. The summed E-state index contributed by atoms with van der Waals surface area (Å²) in [6.07, 6.45) is 0. The summed E-state index contributed by atoms with van der Waals surface area (Å²) in [5, 5.41) is 0. The van der Waals surface area contributed by atoms with Crippen molar-refractivity contribution in [2.24, 2.45) is 5.73 Å². The maximum Gasteiger partial charge on any atom is 0.480 e. The van der Waals surface area contributed by atoms with Crippen molar-refractivity contribution >= 4 is 39.0 Å². The molecule has 1 aliphatic heterocycles. The molecule has 1 aromatic rings. The zero-order valence-electron chi connectivity index (χ0n) is 11.5. The highest BCUT2D eigenvalue weighted by Gasteiger charge is 2.53. The van der Waals surface area contributed by atoms with Gasteiger partial charge in [-0.3, -0.25) is 0 Å². The molecule has 0 unspecified atom stereocenters. The van der Waals surface area contributed by atoms with E-state index in [1.54, 1.807) is 0 Å². The van der Waals surface area contributed by atoms with E-state index in [1.807, 2.05) is 45.9 Å². The fourth-order valence-electron chi connectivity index (χ4n) is 1.96. The predicted octanol–water partition coefficient (Wildman–Crippen LogP) is 3.84. The monoisotopic (exact) mass is 389 g/mol. The normalized spacial score (nSPS) is 22.6. The molecule has 3 nitrogen and oxygen atoms in total. The van der Waals surface area contributed by atoms with E-state index in [0.29, 0.717) is 0 Å². The Morgan fingerprint density at radius 3 is 1.84 bits per heavy atom. The second kappa shape index (κ2) is 5.15. The SMILES string of the molecule is CC1(C)OB([C@@H](N)c2cc(Br)cc(Br)c2)OC1(C)C. The van der Waals surface area contributed by atoms with Crippen LogP contribution in [0.3, 0.4) is 0 Å². The minimum absolute atomic E-state index is 0.324. The lowest BCUT2D eigenvalue weighted by molar-refractivity contribution is 0.00578. The number of nitrogens with two attached hydrogens (primary N) is 1. The molecule has 2 rings (SSSR count). The molecule has 19 heavy (non-hydrogen) atoms. The van der Waals surface area contributed by atoms with Crippen LogP contribution in [0, 0.1) is 0 Å². The average molecular weight is 391 g/mol. The molecule has 0 spiro atoms. The van der Waals surface area contributed by atoms with Gasteiger partial charge in [0.15, 0.2) is 0 Å². The maximum absolute atomic E-state index is 6.29. The van der Waals surface area contributed by atoms with Crippen LogP contribution in [-0.2, 0) is 9.31 Å². The van der Waals surface area contributed by atoms with Gasteiger partial charge in [-0.05, 0) is 51.5 Å². The summed E-state index contributed by atoms with van der Waals surface area (Å²) in [4.78, 5) is 0. The fourth-order valence-corrected chi connectivity index (χ4v) is 3.29. The Morgan fingerprint density at radius 2 is 1.42 bits per heavy atom. The molecule has 1 heterocycles. The zero-order valence-corrected chi connectivity index (χ0v) is 14.7. The molecule has 0 amide bonds. The third-order valence-corrected chi connectivity index (χ3v) is 4.75. The van der Waals surface area contributed by atoms with E-state index in [9.17, 15) is 0 Å². The number of halogens is 2. The van der Waals surface area contributed by atoms with Gasteiger partial charge in [0.2, 0.25) is 0 Å². The summed E-state index contributed by atoms with van der Waals surface area (Å²) in [5.41, 5.74) is 6.54. The summed E-state index contributed by atoms with van der Waals surface area (Å²) in [5.74, 6) is -0.324. The molecule has 1 saturated heterocycles. The lowest BCUT2D eigenvalue weighted by Gasteiger charge is -2.32. The maximum atomic E-state index is 6.29. The second-order valence-corrected chi connectivity index (χ2v) is 7.68. The molecule has 0 radical (unpaired) electrons. The number of rotatable bonds is 2. The fraction of sp³-hybridized carbons (Fsp3) is 0.538. The molecule has 1 aromatic carbocycles. The van der Waals surface area contributed by atoms with E-state index < -0.39 is 7.12 Å². The lowest BCUT2D eigenvalue weighted by atomic mass is 9.75. The predicted molar refractivity (Wildman–Crippen MR) is 84.9 cm³/mol. The van der Waals surface area contributed by atoms with Gasteiger partial charge >= 0.3 is 7.12 Å². The van der Waals surface area contributed by atoms with Gasteiger partial charge in [0.1, 0.15) is 0 Å². The van der Waals surface area contributed by atoms with E-state index in [0.717, 1.165) is 14.5 Å². The molecule has 1 aliphatic rings. The van der Waals surface area contributed by atoms with Crippen LogP contribution in [0.1, 0.15) is 39.2 Å². The van der Waals surface area contributed by atoms with E-state index in [1.165, 1.54) is 0 Å². The number of hydrogen-bond acceptors (Lipinski definition) is 3. The molecule has 0 saturated carbocycles. The number of hydrogen-bond donors (Lipinski definition) is 1. The van der Waals surface area contributed by atoms with Gasteiger partial charge in [0, 0.05) is 8.95 Å². The minimum atomic E-state index is -0.439. The van der Waals surface area contributed by atoms with Gasteiger partial charge in [-0.25, -0.2) is 0 Å². The molecular weight excluding hydrogens is 373 g/mol. The first-order chi connectivity index (χ1) is 8.62. The summed E-state index contributed by atoms with van der Waals surface area (Å²) in [6.45, 7) is 8.10. The quantitative estimate of drug-likeness (QED) is 0.780. The van der Waals surface area contributed by atoms with Crippen molar-refractivity contribution in [2.75, 3.05) is 0 Å². The van der Waals surface area contributed by atoms with Gasteiger partial charge in [0.25, 0.3) is 0 Å². The minimum Gasteiger partial charge on any atom is -0.402 e. The Morgan fingerprint density at radius 1 is 1.00 bits per heavy atom. The van der Waals surface area contributed by atoms with Crippen LogP contribution in [0.25, 0.3) is 0 Å². The molecule has 104 valence electrons. The Hall–Kier alpha value is 0.125. The van der Waals surface area contributed by atoms with Crippen LogP contribution >= 0.6 is 31.9 Å². The standard InChI is InChI=1S/C13H18BBr2NO2/c1-12(2)13(3,4)19-14(18-12)11(17)8-5-9(15)7-10(16)6-8/h5-7,11H,17H2,1-4H3/t11-/m0/s1. The molecule has 0 bridgehead atoms. The van der Waals surface area contributed by atoms with E-state index >= 15 is 0 Å². The summed E-state index contributed by atoms with van der Waals surface area (Å²) < 4.78 is 13.9. The molecule has 0 aliphatic carbocycles. The average Bonchev–Trinajstić information content (AvgIpc) is 2.45. The van der Waals surface area contributed by atoms with Crippen molar-refractivity contribution in [3.05, 3.63) is 32.7 Å². The van der Waals surface area contributed by atoms with Gasteiger partial charge in [-0.2, -0.15) is 0 Å². The van der Waals surface area contributed by atoms with Gasteiger partial charge < -0.3 is 15.0 Å². The van der Waals surface area contributed by atoms with Crippen molar-refractivity contribution in [1.29, 1.82) is 0 Å². The Balaban J connectivity index is 2.24. The molecule has 6 heteroatoms. The Labute approximate surface area is 131 Å². The molecule has 1 fully saturated rings. The second-order valence-electron chi connectivity index (χ2n) is 5.85. The Bertz CT molecular complexity index is 457. The lowest BCUT2D eigenvalue weighted by Crippen LogP contribution is -2.41. The van der Waals surface area contributed by atoms with Gasteiger partial charge in [-0.1, -0.05) is 31.9 Å². The highest BCUT2D eigenvalue weighted by molar-refractivity contribution is 9.11. The largest absolute Gasteiger partial charge is 0.480 e. The molecule has 0 aromatic heterocycles. The van der Waals surface area contributed by atoms with Crippen molar-refractivity contribution in [3.63, 3.8) is 0 Å². The summed E-state index contributed by atoms with van der Waals surface area (Å²) in [7, 11) is -0.439. The van der Waals surface area contributed by atoms with Gasteiger partial charge in [0.05, 0.1) is 17.1 Å². The summed E-state index contributed by atoms with van der Waals surface area (Å²) >= 11 is 6.94. The van der Waals surface area contributed by atoms with Crippen molar-refractivity contribution in [1.82, 2.24) is 0 Å². The third-order valence-electron chi connectivity index (χ3n) is 3.83. The highest BCUT2D eigenvalue weighted by atomic mass is 79.9. The van der Waals surface area contributed by atoms with E-state index in [2.05, 4.69) is 31.9 Å². The highest BCUT2D eigenvalue weighted by Crippen LogP contribution is 2.40. The van der Waals surface area contributed by atoms with Crippen molar-refractivity contribution in [2.45, 2.75) is 44.8 Å². The van der Waals surface area contributed by atoms with Crippen LogP contribution < -0.4 is 5.73 Å². The first-order valence-corrected chi connectivity index (χ1v) is 7.78. The third kappa shape index (κ3) is 3.08. The van der Waals surface area contributed by atoms with E-state index in [4.69, 9.17) is 15.0 Å². The van der Waals surface area contributed by atoms with Crippen molar-refractivity contribution in [3.8, 4) is 0 Å². The first-order valence-electron chi connectivity index (χ1n) is 6.20. The van der Waals surface area contributed by atoms with Crippen LogP contribution in [0.2, 0.25) is 0 Å². The first kappa shape index (κ1) is 15.5. The molecule has 2 N–H and O–H groups in total. The van der Waals surface area contributed by atoms with Crippen LogP contribution in [0.5, 0.6) is 0 Å². The molecular formula is C13H18BBr2NO2. The number of benzene rings is 1. The van der Waals surface area contributed by atoms with E-state index in [-0.39, 0.29) is 17.1 Å². The topological polar surface area (TPSA) is 44.5 Å². The van der Waals surface area contributed by atoms with Gasteiger partial charge in [-0.15, -0.1) is 0 Å². The summed E-state index contributed by atoms with van der Waals surface area (Å²) in [6, 6.07) is 5.95. The Kier molecular flexibility index (Phi) is 4.21. The molecule has 1 atom stereocenters. The van der Waals surface area contributed by atoms with Crippen LogP contribution in [0.15, 0.2) is 27.1 Å². The van der Waals surface area contributed by atoms with Crippen LogP contribution in [-0.4, -0.2) is 18.3 Å². The zero-order chi connectivity index (χ0) is 14.4. The van der Waals surface area contributed by atoms with Crippen molar-refractivity contribution < 1.29 is 9.31 Å².